The number of hydrogen-bond acceptors (Lipinski definition) is 4. The lowest BCUT2D eigenvalue weighted by atomic mass is 9.93. The van der Waals surface area contributed by atoms with Gasteiger partial charge in [-0.25, -0.2) is 18.3 Å². The Balaban J connectivity index is 0.000000113. The fraction of sp³-hybridized carbons (Fsp3) is 0.129. The van der Waals surface area contributed by atoms with E-state index in [0.29, 0.717) is 49.8 Å². The van der Waals surface area contributed by atoms with Crippen molar-refractivity contribution in [3.05, 3.63) is 407 Å². The van der Waals surface area contributed by atoms with Gasteiger partial charge in [-0.1, -0.05) is 261 Å². The van der Waals surface area contributed by atoms with Crippen LogP contribution < -0.4 is 18.3 Å². The zero-order valence-electron chi connectivity index (χ0n) is 87.8. The molecule has 0 atom stereocenters. The van der Waals surface area contributed by atoms with Crippen LogP contribution >= 0.6 is 0 Å². The lowest BCUT2D eigenvalue weighted by Gasteiger charge is -2.11. The molecule has 0 radical (unpaired) electrons. The van der Waals surface area contributed by atoms with Gasteiger partial charge in [0.25, 0.3) is 0 Å². The van der Waals surface area contributed by atoms with Crippen molar-refractivity contribution in [1.82, 2.24) is 0 Å². The van der Waals surface area contributed by atoms with E-state index in [-0.39, 0.29) is 11.1 Å². The first-order valence-corrected chi connectivity index (χ1v) is 44.7. The van der Waals surface area contributed by atoms with Crippen LogP contribution in [0.15, 0.2) is 358 Å². The van der Waals surface area contributed by atoms with Crippen LogP contribution in [0, 0.1) is 82.8 Å². The molecule has 0 aliphatic rings. The predicted molar refractivity (Wildman–Crippen MR) is 550 cm³/mol. The van der Waals surface area contributed by atoms with Crippen molar-refractivity contribution in [2.75, 3.05) is 0 Å². The average molecular weight is 1730 g/mol. The summed E-state index contributed by atoms with van der Waals surface area (Å²) in [4.78, 5) is 0. The first-order valence-electron chi connectivity index (χ1n) is 50.7. The Labute approximate surface area is 786 Å². The summed E-state index contributed by atoms with van der Waals surface area (Å²) in [6.45, 7) is 7.62. The molecule has 24 aromatic rings. The van der Waals surface area contributed by atoms with E-state index in [2.05, 4.69) is 197 Å². The zero-order valence-corrected chi connectivity index (χ0v) is 75.8. The van der Waals surface area contributed by atoms with Crippen molar-refractivity contribution >= 4 is 131 Å². The minimum atomic E-state index is -2.35. The highest BCUT2D eigenvalue weighted by Gasteiger charge is 2.31. The summed E-state index contributed by atoms with van der Waals surface area (Å²) in [7, 11) is 7.84. The molecule has 8 nitrogen and oxygen atoms in total. The molecule has 16 aromatic carbocycles. The summed E-state index contributed by atoms with van der Waals surface area (Å²) < 4.78 is 134. The SMILES string of the molecule is Cc1c[n+](C)c(-c2c(C)cc(C)c3c2oc2c4ccccc4c(C)cc23)cc1-c1ccccc1.[2H]C([2H])([2H])c1c[n+](C)c(-c2c(C)cc(C([2H])([2H])[2H])c3c2oc2c4ccccc4ccc23)cc1-c1ccccc1.[2H]C([2H])([2H])c1c[n+](C)c(-c2c(C)ccc3c2oc2c4ccccc4c(C)cc32)cc1-c1ccccc1.[2H]C([2H])([2H])c1cc(C)c(-c2cc(-c3ccccc3)cc[n+]2C)c2oc3c4ccccc4ccc3c12. The van der Waals surface area contributed by atoms with E-state index in [1.165, 1.54) is 71.4 Å². The predicted octanol–water partition coefficient (Wildman–Crippen LogP) is 31.3. The van der Waals surface area contributed by atoms with E-state index in [1.807, 2.05) is 215 Å². The van der Waals surface area contributed by atoms with Gasteiger partial charge >= 0.3 is 0 Å². The zero-order chi connectivity index (χ0) is 101. The Morgan fingerprint density at radius 1 is 0.197 bits per heavy atom. The minimum absolute atomic E-state index is 0.234. The molecule has 8 heterocycles. The monoisotopic (exact) mass is 1720 g/mol. The lowest BCUT2D eigenvalue weighted by Crippen LogP contribution is -2.31. The van der Waals surface area contributed by atoms with E-state index in [0.717, 1.165) is 155 Å². The third-order valence-corrected chi connectivity index (χ3v) is 26.6. The van der Waals surface area contributed by atoms with Gasteiger partial charge < -0.3 is 17.7 Å². The highest BCUT2D eigenvalue weighted by molar-refractivity contribution is 6.23. The number of hydrogen-bond donors (Lipinski definition) is 0. The number of nitrogens with zero attached hydrogens (tertiary/aromatic N) is 4. The molecule has 0 unspecified atom stereocenters. The highest BCUT2D eigenvalue weighted by Crippen LogP contribution is 2.49. The summed E-state index contributed by atoms with van der Waals surface area (Å²) in [5.41, 5.74) is 31.3. The summed E-state index contributed by atoms with van der Waals surface area (Å²) in [5.74, 6) is 0. The standard InChI is InChI=1S/C32H28NO.2C31H26NO.C30H24NO/c1-19-16-27-29-20(2)15-21(3)30(32(29)34-31(27)25-14-10-9-13-24(19)25)28-17-26(22(4)18-33(28)5)23-11-7-6-8-12-23;1-19-16-20(2)29(27-17-26(21(3)18-32(27)4)22-10-6-5-7-11-22)31-28(19)25-15-14-23-12-8-9-13-24(23)30(25)33-31;1-19-14-15-25-27-16-20(2)23-12-8-9-13-24(23)30(27)33-31(25)29(19)28-17-26(21(3)18-32(28)4)22-10-6-5-7-11-22;1-19-17-20(2)28(26-18-23(15-16-31(26)3)21-9-5-4-6-10-21)30-27(19)25-14-13-22-11-7-8-12-24(22)29(25)32-30/h6-18H,1-5H3;2*5-18H,1-4H3;4-18H,1-3H3/q4*+1/i;1D3,3D3;3D3;1D3. The topological polar surface area (TPSA) is 68.1 Å². The van der Waals surface area contributed by atoms with Gasteiger partial charge in [-0.2, -0.15) is 0 Å². The van der Waals surface area contributed by atoms with Crippen LogP contribution in [-0.4, -0.2) is 0 Å². The highest BCUT2D eigenvalue weighted by atomic mass is 16.3. The smallest absolute Gasteiger partial charge is 0.216 e. The van der Waals surface area contributed by atoms with Gasteiger partial charge in [0, 0.05) is 128 Å². The second kappa shape index (κ2) is 33.5. The van der Waals surface area contributed by atoms with Gasteiger partial charge in [-0.15, -0.1) is 0 Å². The Hall–Kier alpha value is -15.6. The van der Waals surface area contributed by atoms with Crippen molar-refractivity contribution in [2.45, 2.75) is 82.8 Å². The Kier molecular flexibility index (Phi) is 17.8. The molecule has 0 saturated heterocycles. The van der Waals surface area contributed by atoms with Crippen molar-refractivity contribution in [1.29, 1.82) is 0 Å². The molecule has 24 rings (SSSR count). The molecular formula is C124H104N4O4+4. The molecule has 8 heteroatoms. The summed E-state index contributed by atoms with van der Waals surface area (Å²) in [6, 6.07) is 106. The second-order valence-electron chi connectivity index (χ2n) is 35.3. The number of fused-ring (bicyclic) bond motifs is 20. The maximum Gasteiger partial charge on any atom is 0.216 e. The molecule has 0 N–H and O–H groups in total. The van der Waals surface area contributed by atoms with Crippen molar-refractivity contribution < 1.29 is 52.4 Å². The molecule has 0 fully saturated rings. The first-order chi connectivity index (χ1) is 68.9. The first kappa shape index (κ1) is 70.4. The van der Waals surface area contributed by atoms with Crippen molar-refractivity contribution in [3.63, 3.8) is 0 Å². The molecule has 132 heavy (non-hydrogen) atoms. The van der Waals surface area contributed by atoms with Crippen LogP contribution in [0.1, 0.15) is 83.2 Å². The van der Waals surface area contributed by atoms with Crippen LogP contribution in [0.25, 0.3) is 220 Å². The molecular weight excluding hydrogens is 1610 g/mol. The normalized spacial score (nSPS) is 13.4. The van der Waals surface area contributed by atoms with Gasteiger partial charge in [0.1, 0.15) is 72.9 Å². The lowest BCUT2D eigenvalue weighted by molar-refractivity contribution is -0.660. The fourth-order valence-corrected chi connectivity index (χ4v) is 20.2. The van der Waals surface area contributed by atoms with Crippen molar-refractivity contribution in [2.24, 2.45) is 28.2 Å². The van der Waals surface area contributed by atoms with E-state index in [4.69, 9.17) is 34.1 Å². The van der Waals surface area contributed by atoms with Gasteiger partial charge in [-0.3, -0.25) is 0 Å². The second-order valence-corrected chi connectivity index (χ2v) is 35.3. The third kappa shape index (κ3) is 14.3. The number of benzene rings is 16. The quantitative estimate of drug-likeness (QED) is 0.142. The Morgan fingerprint density at radius 2 is 0.523 bits per heavy atom. The summed E-state index contributed by atoms with van der Waals surface area (Å²) in [5, 5.41) is 16.0. The van der Waals surface area contributed by atoms with Crippen LogP contribution in [0.5, 0.6) is 0 Å². The van der Waals surface area contributed by atoms with E-state index >= 15 is 0 Å². The molecule has 8 aromatic heterocycles. The fourth-order valence-electron chi connectivity index (χ4n) is 20.2. The van der Waals surface area contributed by atoms with E-state index < -0.39 is 27.4 Å². The summed E-state index contributed by atoms with van der Waals surface area (Å²) in [6.07, 6.45) is 7.65. The molecule has 0 aliphatic carbocycles. The summed E-state index contributed by atoms with van der Waals surface area (Å²) >= 11 is 0. The molecule has 640 valence electrons. The van der Waals surface area contributed by atoms with Crippen LogP contribution in [0.4, 0.5) is 0 Å². The number of pyridine rings is 4. The Bertz CT molecular complexity index is 9340. The van der Waals surface area contributed by atoms with Crippen molar-refractivity contribution in [3.8, 4) is 89.5 Å². The molecule has 0 spiro atoms. The average Bonchev–Trinajstić information content (AvgIpc) is 1.36. The number of aromatic nitrogens is 4. The van der Waals surface area contributed by atoms with Gasteiger partial charge in [0.05, 0.1) is 22.3 Å². The maximum atomic E-state index is 8.31. The maximum absolute atomic E-state index is 8.31. The largest absolute Gasteiger partial charge is 0.454 e. The Morgan fingerprint density at radius 3 is 0.970 bits per heavy atom. The van der Waals surface area contributed by atoms with Crippen LogP contribution in [0.3, 0.4) is 0 Å². The molecule has 0 bridgehead atoms. The van der Waals surface area contributed by atoms with Gasteiger partial charge in [-0.05, 0) is 223 Å². The van der Waals surface area contributed by atoms with E-state index in [1.54, 1.807) is 30.1 Å². The van der Waals surface area contributed by atoms with Crippen LogP contribution in [0.2, 0.25) is 0 Å². The number of furan rings is 4. The molecule has 0 aliphatic heterocycles. The third-order valence-electron chi connectivity index (χ3n) is 26.6. The van der Waals surface area contributed by atoms with Gasteiger partial charge in [0.2, 0.25) is 22.8 Å². The van der Waals surface area contributed by atoms with Gasteiger partial charge in [0.15, 0.2) is 24.8 Å². The van der Waals surface area contributed by atoms with Crippen LogP contribution in [-0.2, 0) is 28.2 Å². The molecule has 0 amide bonds. The number of aryl methyl sites for hydroxylation is 16. The minimum Gasteiger partial charge on any atom is -0.454 e. The number of rotatable bonds is 8. The van der Waals surface area contributed by atoms with E-state index in [9.17, 15) is 0 Å². The molecule has 0 saturated carbocycles.